The average molecular weight is 466 g/mol. The van der Waals surface area contributed by atoms with Gasteiger partial charge in [0.1, 0.15) is 16.3 Å². The van der Waals surface area contributed by atoms with Gasteiger partial charge in [-0.15, -0.1) is 0 Å². The number of carbonyl (C=O) groups is 2. The van der Waals surface area contributed by atoms with E-state index in [1.807, 2.05) is 0 Å². The summed E-state index contributed by atoms with van der Waals surface area (Å²) in [5.41, 5.74) is 1.53. The van der Waals surface area contributed by atoms with E-state index in [4.69, 9.17) is 4.74 Å². The smallest absolute Gasteiger partial charge is 0.341 e. The van der Waals surface area contributed by atoms with Gasteiger partial charge in [0.25, 0.3) is 0 Å². The molecule has 1 aromatic carbocycles. The standard InChI is InChI=1S/C22H28FN3O5S/c1-4-31-22(28)19-14(2)25-15(3)20(19)32(29,30)26-11-5-6-17(13-26)21(27)24-12-16-7-9-18(23)10-8-16/h7-10,17,25H,4-6,11-13H2,1-3H3,(H,24,27). The summed E-state index contributed by atoms with van der Waals surface area (Å²) in [4.78, 5) is 27.9. The molecule has 0 aliphatic carbocycles. The van der Waals surface area contributed by atoms with Crippen molar-refractivity contribution in [3.63, 3.8) is 0 Å². The van der Waals surface area contributed by atoms with Gasteiger partial charge in [-0.3, -0.25) is 4.79 Å². The lowest BCUT2D eigenvalue weighted by molar-refractivity contribution is -0.126. The Bertz CT molecular complexity index is 1100. The molecule has 1 atom stereocenters. The number of carbonyl (C=O) groups excluding carboxylic acids is 2. The molecule has 1 fully saturated rings. The number of aryl methyl sites for hydroxylation is 2. The summed E-state index contributed by atoms with van der Waals surface area (Å²) in [6.07, 6.45) is 1.07. The van der Waals surface area contributed by atoms with Crippen LogP contribution in [-0.4, -0.2) is 49.3 Å². The zero-order valence-corrected chi connectivity index (χ0v) is 19.2. The monoisotopic (exact) mass is 465 g/mol. The number of aromatic amines is 1. The first-order valence-corrected chi connectivity index (χ1v) is 12.0. The van der Waals surface area contributed by atoms with E-state index < -0.39 is 21.9 Å². The second-order valence-electron chi connectivity index (χ2n) is 7.85. The summed E-state index contributed by atoms with van der Waals surface area (Å²) in [6, 6.07) is 5.81. The van der Waals surface area contributed by atoms with Crippen LogP contribution < -0.4 is 5.32 Å². The first-order valence-electron chi connectivity index (χ1n) is 10.5. The van der Waals surface area contributed by atoms with Crippen LogP contribution in [0.25, 0.3) is 0 Å². The maximum Gasteiger partial charge on any atom is 0.341 e. The average Bonchev–Trinajstić information content (AvgIpc) is 3.07. The van der Waals surface area contributed by atoms with Crippen molar-refractivity contribution in [3.05, 3.63) is 52.6 Å². The molecular weight excluding hydrogens is 437 g/mol. The summed E-state index contributed by atoms with van der Waals surface area (Å²) >= 11 is 0. The number of hydrogen-bond donors (Lipinski definition) is 2. The van der Waals surface area contributed by atoms with E-state index in [1.54, 1.807) is 32.9 Å². The number of sulfonamides is 1. The SMILES string of the molecule is CCOC(=O)c1c(C)[nH]c(C)c1S(=O)(=O)N1CCCC(C(=O)NCc2ccc(F)cc2)C1. The second-order valence-corrected chi connectivity index (χ2v) is 9.72. The fourth-order valence-electron chi connectivity index (χ4n) is 3.97. The number of nitrogens with zero attached hydrogens (tertiary/aromatic N) is 1. The van der Waals surface area contributed by atoms with Gasteiger partial charge in [-0.05, 0) is 51.3 Å². The molecule has 10 heteroatoms. The molecule has 1 aromatic heterocycles. The summed E-state index contributed by atoms with van der Waals surface area (Å²) in [5, 5.41) is 2.80. The van der Waals surface area contributed by atoms with Crippen LogP contribution in [0.3, 0.4) is 0 Å². The Labute approximate surface area is 187 Å². The highest BCUT2D eigenvalue weighted by atomic mass is 32.2. The Kier molecular flexibility index (Phi) is 7.35. The highest BCUT2D eigenvalue weighted by Crippen LogP contribution is 2.30. The molecule has 2 aromatic rings. The van der Waals surface area contributed by atoms with Crippen molar-refractivity contribution in [1.29, 1.82) is 0 Å². The molecule has 0 spiro atoms. The lowest BCUT2D eigenvalue weighted by atomic mass is 9.99. The molecule has 2 N–H and O–H groups in total. The Morgan fingerprint density at radius 3 is 2.56 bits per heavy atom. The quantitative estimate of drug-likeness (QED) is 0.611. The number of nitrogens with one attached hydrogen (secondary N) is 2. The number of ether oxygens (including phenoxy) is 1. The van der Waals surface area contributed by atoms with Gasteiger partial charge in [-0.2, -0.15) is 4.31 Å². The van der Waals surface area contributed by atoms with Crippen molar-refractivity contribution in [1.82, 2.24) is 14.6 Å². The number of esters is 1. The Morgan fingerprint density at radius 2 is 1.91 bits per heavy atom. The predicted molar refractivity (Wildman–Crippen MR) is 116 cm³/mol. The topological polar surface area (TPSA) is 109 Å². The van der Waals surface area contributed by atoms with E-state index in [-0.39, 0.29) is 48.4 Å². The molecule has 0 radical (unpaired) electrons. The van der Waals surface area contributed by atoms with E-state index in [1.165, 1.54) is 16.4 Å². The highest BCUT2D eigenvalue weighted by Gasteiger charge is 2.38. The van der Waals surface area contributed by atoms with Crippen LogP contribution in [0.1, 0.15) is 47.1 Å². The van der Waals surface area contributed by atoms with Crippen LogP contribution in [0.5, 0.6) is 0 Å². The number of hydrogen-bond acceptors (Lipinski definition) is 5. The van der Waals surface area contributed by atoms with Gasteiger partial charge in [-0.25, -0.2) is 17.6 Å². The number of aromatic nitrogens is 1. The number of H-pyrrole nitrogens is 1. The van der Waals surface area contributed by atoms with Crippen molar-refractivity contribution in [2.24, 2.45) is 5.92 Å². The van der Waals surface area contributed by atoms with Gasteiger partial charge in [-0.1, -0.05) is 12.1 Å². The number of halogens is 1. The van der Waals surface area contributed by atoms with Crippen LogP contribution in [0.2, 0.25) is 0 Å². The first kappa shape index (κ1) is 23.9. The predicted octanol–water partition coefficient (Wildman–Crippen LogP) is 2.66. The maximum absolute atomic E-state index is 13.5. The third kappa shape index (κ3) is 5.02. The molecular formula is C22H28FN3O5S. The molecule has 0 saturated carbocycles. The van der Waals surface area contributed by atoms with E-state index in [2.05, 4.69) is 10.3 Å². The van der Waals surface area contributed by atoms with E-state index in [0.29, 0.717) is 24.2 Å². The summed E-state index contributed by atoms with van der Waals surface area (Å²) < 4.78 is 46.3. The Hall–Kier alpha value is -2.72. The van der Waals surface area contributed by atoms with Crippen LogP contribution in [0.4, 0.5) is 4.39 Å². The minimum absolute atomic E-state index is 0.00670. The fraction of sp³-hybridized carbons (Fsp3) is 0.455. The van der Waals surface area contributed by atoms with Crippen LogP contribution in [0, 0.1) is 25.6 Å². The second kappa shape index (κ2) is 9.83. The first-order chi connectivity index (χ1) is 15.1. The van der Waals surface area contributed by atoms with Crippen molar-refractivity contribution in [3.8, 4) is 0 Å². The third-order valence-corrected chi connectivity index (χ3v) is 7.57. The summed E-state index contributed by atoms with van der Waals surface area (Å²) in [7, 11) is -4.02. The molecule has 174 valence electrons. The van der Waals surface area contributed by atoms with Gasteiger partial charge in [0.05, 0.1) is 12.5 Å². The van der Waals surface area contributed by atoms with Gasteiger partial charge in [0, 0.05) is 31.0 Å². The van der Waals surface area contributed by atoms with Gasteiger partial charge in [0.15, 0.2) is 0 Å². The number of amides is 1. The molecule has 32 heavy (non-hydrogen) atoms. The highest BCUT2D eigenvalue weighted by molar-refractivity contribution is 7.89. The Morgan fingerprint density at radius 1 is 1.22 bits per heavy atom. The third-order valence-electron chi connectivity index (χ3n) is 5.53. The molecule has 1 saturated heterocycles. The van der Waals surface area contributed by atoms with Gasteiger partial charge in [0.2, 0.25) is 15.9 Å². The summed E-state index contributed by atoms with van der Waals surface area (Å²) in [6.45, 7) is 5.51. The zero-order chi connectivity index (χ0) is 23.5. The molecule has 1 unspecified atom stereocenters. The molecule has 0 bridgehead atoms. The van der Waals surface area contributed by atoms with E-state index in [0.717, 1.165) is 5.56 Å². The lowest BCUT2D eigenvalue weighted by Gasteiger charge is -2.31. The molecule has 3 rings (SSSR count). The largest absolute Gasteiger partial charge is 0.462 e. The minimum atomic E-state index is -4.02. The minimum Gasteiger partial charge on any atom is -0.462 e. The lowest BCUT2D eigenvalue weighted by Crippen LogP contribution is -2.45. The normalized spacial score (nSPS) is 17.2. The van der Waals surface area contributed by atoms with Crippen LogP contribution in [0.15, 0.2) is 29.2 Å². The molecule has 8 nitrogen and oxygen atoms in total. The van der Waals surface area contributed by atoms with E-state index in [9.17, 15) is 22.4 Å². The molecule has 1 amide bonds. The van der Waals surface area contributed by atoms with Crippen molar-refractivity contribution < 1.29 is 27.1 Å². The van der Waals surface area contributed by atoms with Crippen molar-refractivity contribution in [2.45, 2.75) is 45.1 Å². The number of piperidine rings is 1. The summed E-state index contributed by atoms with van der Waals surface area (Å²) in [5.74, 6) is -1.84. The fourth-order valence-corrected chi connectivity index (χ4v) is 5.91. The molecule has 2 heterocycles. The van der Waals surface area contributed by atoms with E-state index >= 15 is 0 Å². The van der Waals surface area contributed by atoms with Gasteiger partial charge < -0.3 is 15.0 Å². The van der Waals surface area contributed by atoms with Gasteiger partial charge >= 0.3 is 5.97 Å². The van der Waals surface area contributed by atoms with Crippen molar-refractivity contribution >= 4 is 21.9 Å². The Balaban J connectivity index is 1.76. The van der Waals surface area contributed by atoms with Crippen LogP contribution in [-0.2, 0) is 26.1 Å². The maximum atomic E-state index is 13.5. The molecule has 1 aliphatic rings. The molecule has 1 aliphatic heterocycles. The number of rotatable bonds is 7. The van der Waals surface area contributed by atoms with Crippen LogP contribution >= 0.6 is 0 Å². The number of benzene rings is 1. The zero-order valence-electron chi connectivity index (χ0n) is 18.4. The van der Waals surface area contributed by atoms with Crippen molar-refractivity contribution in [2.75, 3.05) is 19.7 Å².